The number of rotatable bonds is 1. The van der Waals surface area contributed by atoms with Gasteiger partial charge in [0.2, 0.25) is 0 Å². The van der Waals surface area contributed by atoms with Gasteiger partial charge in [0.25, 0.3) is 5.91 Å². The summed E-state index contributed by atoms with van der Waals surface area (Å²) in [6.45, 7) is 6.05. The van der Waals surface area contributed by atoms with E-state index in [9.17, 15) is 4.79 Å². The average molecular weight is 284 g/mol. The molecular weight excluding hydrogens is 260 g/mol. The van der Waals surface area contributed by atoms with Gasteiger partial charge in [-0.05, 0) is 37.8 Å². The number of piperidine rings is 1. The zero-order chi connectivity index (χ0) is 15.0. The lowest BCUT2D eigenvalue weighted by molar-refractivity contribution is -0.128. The van der Waals surface area contributed by atoms with E-state index in [1.54, 1.807) is 0 Å². The van der Waals surface area contributed by atoms with Crippen LogP contribution < -0.4 is 4.90 Å². The van der Waals surface area contributed by atoms with Crippen LogP contribution >= 0.6 is 0 Å². The molecule has 2 aliphatic rings. The number of benzene rings is 1. The zero-order valence-corrected chi connectivity index (χ0v) is 13.2. The second-order valence-corrected chi connectivity index (χ2v) is 6.19. The Hall–Kier alpha value is -1.77. The topological polar surface area (TPSA) is 23.6 Å². The van der Waals surface area contributed by atoms with Gasteiger partial charge in [-0.2, -0.15) is 0 Å². The van der Waals surface area contributed by atoms with Gasteiger partial charge >= 0.3 is 0 Å². The summed E-state index contributed by atoms with van der Waals surface area (Å²) in [5, 5.41) is 0. The molecule has 0 saturated carbocycles. The first-order valence-corrected chi connectivity index (χ1v) is 7.94. The van der Waals surface area contributed by atoms with Crippen LogP contribution in [0.1, 0.15) is 44.6 Å². The molecule has 1 aromatic carbocycles. The van der Waals surface area contributed by atoms with Crippen LogP contribution in [0.2, 0.25) is 0 Å². The second-order valence-electron chi connectivity index (χ2n) is 6.19. The Balaban J connectivity index is 1.97. The quantitative estimate of drug-likeness (QED) is 0.787. The molecule has 3 heteroatoms. The summed E-state index contributed by atoms with van der Waals surface area (Å²) in [5.74, 6) is 0.410. The van der Waals surface area contributed by atoms with Crippen molar-refractivity contribution in [1.82, 2.24) is 4.90 Å². The normalized spacial score (nSPS) is 22.3. The van der Waals surface area contributed by atoms with E-state index in [4.69, 9.17) is 0 Å². The number of carbonyl (C=O) groups excluding carboxylic acids is 1. The van der Waals surface area contributed by atoms with E-state index in [2.05, 4.69) is 50.1 Å². The lowest BCUT2D eigenvalue weighted by Gasteiger charge is -2.37. The van der Waals surface area contributed by atoms with Crippen molar-refractivity contribution in [3.8, 4) is 0 Å². The number of anilines is 1. The van der Waals surface area contributed by atoms with Gasteiger partial charge in [0, 0.05) is 43.0 Å². The molecule has 1 aromatic rings. The van der Waals surface area contributed by atoms with Crippen LogP contribution in [0.25, 0.3) is 0 Å². The number of carbonyl (C=O) groups is 1. The van der Waals surface area contributed by atoms with E-state index < -0.39 is 0 Å². The molecule has 3 rings (SSSR count). The minimum Gasteiger partial charge on any atom is -0.348 e. The number of nitrogens with zero attached hydrogens (tertiary/aromatic N) is 2. The average Bonchev–Trinajstić information content (AvgIpc) is 2.53. The molecule has 112 valence electrons. The molecule has 2 aliphatic heterocycles. The fourth-order valence-corrected chi connectivity index (χ4v) is 3.60. The van der Waals surface area contributed by atoms with Crippen LogP contribution in [0, 0.1) is 0 Å². The molecule has 1 atom stereocenters. The van der Waals surface area contributed by atoms with Crippen molar-refractivity contribution in [2.75, 3.05) is 25.0 Å². The third-order valence-electron chi connectivity index (χ3n) is 4.96. The van der Waals surface area contributed by atoms with Gasteiger partial charge in [0.1, 0.15) is 0 Å². The zero-order valence-electron chi connectivity index (χ0n) is 13.2. The molecule has 2 heterocycles. The Bertz CT molecular complexity index is 585. The van der Waals surface area contributed by atoms with Gasteiger partial charge in [-0.3, -0.25) is 4.79 Å². The first-order chi connectivity index (χ1) is 10.1. The maximum absolute atomic E-state index is 13.0. The SMILES string of the molecule is CC1=C(C(=O)N2CCCCC2)[C@@H](C)c2ccccc2N1C. The molecule has 0 spiro atoms. The number of fused-ring (bicyclic) bond motifs is 1. The van der Waals surface area contributed by atoms with Crippen molar-refractivity contribution >= 4 is 11.6 Å². The Kier molecular flexibility index (Phi) is 3.75. The number of allylic oxidation sites excluding steroid dienone is 1. The highest BCUT2D eigenvalue weighted by molar-refractivity contribution is 5.97. The number of amides is 1. The summed E-state index contributed by atoms with van der Waals surface area (Å²) in [4.78, 5) is 17.2. The van der Waals surface area contributed by atoms with Crippen molar-refractivity contribution in [2.24, 2.45) is 0 Å². The van der Waals surface area contributed by atoms with Gasteiger partial charge in [-0.25, -0.2) is 0 Å². The van der Waals surface area contributed by atoms with Crippen molar-refractivity contribution in [1.29, 1.82) is 0 Å². The first kappa shape index (κ1) is 14.2. The number of hydrogen-bond acceptors (Lipinski definition) is 2. The minimum atomic E-state index is 0.173. The van der Waals surface area contributed by atoms with Crippen LogP contribution in [0.15, 0.2) is 35.5 Å². The maximum atomic E-state index is 13.0. The molecular formula is C18H24N2O. The Morgan fingerprint density at radius 2 is 1.81 bits per heavy atom. The summed E-state index contributed by atoms with van der Waals surface area (Å²) in [7, 11) is 2.06. The van der Waals surface area contributed by atoms with Gasteiger partial charge in [0.15, 0.2) is 0 Å². The number of likely N-dealkylation sites (tertiary alicyclic amines) is 1. The van der Waals surface area contributed by atoms with Gasteiger partial charge in [-0.1, -0.05) is 25.1 Å². The lowest BCUT2D eigenvalue weighted by Crippen LogP contribution is -2.40. The summed E-state index contributed by atoms with van der Waals surface area (Å²) in [5.41, 5.74) is 4.54. The summed E-state index contributed by atoms with van der Waals surface area (Å²) in [6.07, 6.45) is 3.53. The Morgan fingerprint density at radius 3 is 2.52 bits per heavy atom. The monoisotopic (exact) mass is 284 g/mol. The standard InChI is InChI=1S/C18H24N2O/c1-13-15-9-5-6-10-16(15)19(3)14(2)17(13)18(21)20-11-7-4-8-12-20/h5-6,9-10,13H,4,7-8,11-12H2,1-3H3/t13-/m0/s1. The molecule has 0 N–H and O–H groups in total. The first-order valence-electron chi connectivity index (χ1n) is 7.94. The molecule has 3 nitrogen and oxygen atoms in total. The highest BCUT2D eigenvalue weighted by atomic mass is 16.2. The maximum Gasteiger partial charge on any atom is 0.252 e. The molecule has 0 bridgehead atoms. The van der Waals surface area contributed by atoms with Crippen molar-refractivity contribution in [2.45, 2.75) is 39.0 Å². The van der Waals surface area contributed by atoms with Gasteiger partial charge in [-0.15, -0.1) is 0 Å². The Morgan fingerprint density at radius 1 is 1.14 bits per heavy atom. The molecule has 0 aliphatic carbocycles. The van der Waals surface area contributed by atoms with Crippen LogP contribution in [0.5, 0.6) is 0 Å². The Labute approximate surface area is 127 Å². The third-order valence-corrected chi connectivity index (χ3v) is 4.96. The van der Waals surface area contributed by atoms with Crippen molar-refractivity contribution in [3.05, 3.63) is 41.1 Å². The van der Waals surface area contributed by atoms with Crippen molar-refractivity contribution in [3.63, 3.8) is 0 Å². The lowest BCUT2D eigenvalue weighted by atomic mass is 9.85. The fourth-order valence-electron chi connectivity index (χ4n) is 3.60. The fraction of sp³-hybridized carbons (Fsp3) is 0.500. The minimum absolute atomic E-state index is 0.173. The summed E-state index contributed by atoms with van der Waals surface area (Å²) >= 11 is 0. The van der Waals surface area contributed by atoms with Crippen LogP contribution in [0.4, 0.5) is 5.69 Å². The predicted octanol–water partition coefficient (Wildman–Crippen LogP) is 3.53. The van der Waals surface area contributed by atoms with Crippen LogP contribution in [0.3, 0.4) is 0 Å². The second kappa shape index (κ2) is 5.55. The molecule has 0 radical (unpaired) electrons. The predicted molar refractivity (Wildman–Crippen MR) is 86.4 cm³/mol. The molecule has 0 unspecified atom stereocenters. The smallest absolute Gasteiger partial charge is 0.252 e. The number of para-hydroxylation sites is 1. The molecule has 1 amide bonds. The van der Waals surface area contributed by atoms with E-state index in [0.717, 1.165) is 37.2 Å². The highest BCUT2D eigenvalue weighted by Gasteiger charge is 2.32. The van der Waals surface area contributed by atoms with Gasteiger partial charge < -0.3 is 9.80 Å². The third kappa shape index (κ3) is 2.35. The van der Waals surface area contributed by atoms with E-state index in [-0.39, 0.29) is 11.8 Å². The van der Waals surface area contributed by atoms with Crippen LogP contribution in [-0.2, 0) is 4.79 Å². The van der Waals surface area contributed by atoms with E-state index in [1.807, 2.05) is 4.90 Å². The van der Waals surface area contributed by atoms with Crippen molar-refractivity contribution < 1.29 is 4.79 Å². The highest BCUT2D eigenvalue weighted by Crippen LogP contribution is 2.40. The summed E-state index contributed by atoms with van der Waals surface area (Å²) in [6, 6.07) is 8.41. The van der Waals surface area contributed by atoms with Gasteiger partial charge in [0.05, 0.1) is 0 Å². The van der Waals surface area contributed by atoms with E-state index in [1.165, 1.54) is 17.7 Å². The molecule has 1 fully saturated rings. The van der Waals surface area contributed by atoms with Crippen LogP contribution in [-0.4, -0.2) is 30.9 Å². The molecule has 21 heavy (non-hydrogen) atoms. The molecule has 1 saturated heterocycles. The largest absolute Gasteiger partial charge is 0.348 e. The molecule has 0 aromatic heterocycles. The van der Waals surface area contributed by atoms with E-state index in [0.29, 0.717) is 0 Å². The van der Waals surface area contributed by atoms with E-state index >= 15 is 0 Å². The number of hydrogen-bond donors (Lipinski definition) is 0. The summed E-state index contributed by atoms with van der Waals surface area (Å²) < 4.78 is 0.